The van der Waals surface area contributed by atoms with Crippen LogP contribution in [0.5, 0.6) is 0 Å². The van der Waals surface area contributed by atoms with Gasteiger partial charge in [-0.25, -0.2) is 18.1 Å². The predicted molar refractivity (Wildman–Crippen MR) is 122 cm³/mol. The Labute approximate surface area is 185 Å². The Bertz CT molecular complexity index is 1080. The first-order chi connectivity index (χ1) is 14.2. The Morgan fingerprint density at radius 2 is 1.67 bits per heavy atom. The fourth-order valence-electron chi connectivity index (χ4n) is 2.74. The van der Waals surface area contributed by atoms with Crippen LogP contribution in [0.1, 0.15) is 12.6 Å². The summed E-state index contributed by atoms with van der Waals surface area (Å²) >= 11 is 12.0. The van der Waals surface area contributed by atoms with Crippen molar-refractivity contribution in [2.24, 2.45) is 4.99 Å². The minimum absolute atomic E-state index is 0.175. The second-order valence-electron chi connectivity index (χ2n) is 6.49. The quantitative estimate of drug-likeness (QED) is 0.427. The van der Waals surface area contributed by atoms with Gasteiger partial charge in [0.1, 0.15) is 0 Å². The summed E-state index contributed by atoms with van der Waals surface area (Å²) in [4.78, 5) is 4.34. The molecule has 2 aromatic carbocycles. The van der Waals surface area contributed by atoms with Crippen LogP contribution in [-0.2, 0) is 16.6 Å². The van der Waals surface area contributed by atoms with Gasteiger partial charge in [0.05, 0.1) is 29.9 Å². The molecule has 158 valence electrons. The standard InChI is InChI=1S/C20H21Cl2N5O2S/c1-3-23-20(26-30(2,28)29)24-13-17-12-19(14-4-6-15(21)7-5-14)27(25-17)18-10-8-16(22)9-11-18/h4-12H,3,13H2,1-2H3,(H2,23,24,26). The molecule has 30 heavy (non-hydrogen) atoms. The molecular weight excluding hydrogens is 445 g/mol. The molecule has 10 heteroatoms. The van der Waals surface area contributed by atoms with E-state index in [2.05, 4.69) is 20.1 Å². The van der Waals surface area contributed by atoms with Crippen molar-refractivity contribution in [3.8, 4) is 16.9 Å². The Morgan fingerprint density at radius 1 is 1.07 bits per heavy atom. The van der Waals surface area contributed by atoms with Crippen molar-refractivity contribution in [1.82, 2.24) is 19.8 Å². The number of nitrogens with one attached hydrogen (secondary N) is 2. The highest BCUT2D eigenvalue weighted by molar-refractivity contribution is 7.89. The van der Waals surface area contributed by atoms with Crippen molar-refractivity contribution in [2.75, 3.05) is 12.8 Å². The van der Waals surface area contributed by atoms with Crippen molar-refractivity contribution in [3.05, 3.63) is 70.3 Å². The molecule has 1 aromatic heterocycles. The molecule has 0 fully saturated rings. The first kappa shape index (κ1) is 22.1. The molecule has 0 radical (unpaired) electrons. The van der Waals surface area contributed by atoms with Crippen LogP contribution in [0.2, 0.25) is 10.0 Å². The average molecular weight is 466 g/mol. The van der Waals surface area contributed by atoms with E-state index in [9.17, 15) is 8.42 Å². The maximum atomic E-state index is 11.5. The fourth-order valence-corrected chi connectivity index (χ4v) is 3.48. The lowest BCUT2D eigenvalue weighted by atomic mass is 10.1. The zero-order valence-electron chi connectivity index (χ0n) is 16.4. The topological polar surface area (TPSA) is 88.4 Å². The van der Waals surface area contributed by atoms with Gasteiger partial charge in [0, 0.05) is 22.2 Å². The maximum absolute atomic E-state index is 11.5. The van der Waals surface area contributed by atoms with Crippen molar-refractivity contribution in [3.63, 3.8) is 0 Å². The number of guanidine groups is 1. The van der Waals surface area contributed by atoms with Crippen LogP contribution >= 0.6 is 23.2 Å². The van der Waals surface area contributed by atoms with Gasteiger partial charge in [-0.2, -0.15) is 5.10 Å². The summed E-state index contributed by atoms with van der Waals surface area (Å²) in [6.45, 7) is 2.57. The van der Waals surface area contributed by atoms with E-state index in [1.54, 1.807) is 16.8 Å². The molecule has 0 saturated carbocycles. The number of benzene rings is 2. The summed E-state index contributed by atoms with van der Waals surface area (Å²) in [6.07, 6.45) is 1.08. The highest BCUT2D eigenvalue weighted by Crippen LogP contribution is 2.26. The van der Waals surface area contributed by atoms with E-state index in [1.165, 1.54) is 0 Å². The van der Waals surface area contributed by atoms with E-state index < -0.39 is 10.0 Å². The zero-order valence-corrected chi connectivity index (χ0v) is 18.8. The van der Waals surface area contributed by atoms with E-state index in [1.807, 2.05) is 49.4 Å². The van der Waals surface area contributed by atoms with Crippen LogP contribution in [0.4, 0.5) is 0 Å². The largest absolute Gasteiger partial charge is 0.356 e. The molecule has 7 nitrogen and oxygen atoms in total. The molecule has 2 N–H and O–H groups in total. The summed E-state index contributed by atoms with van der Waals surface area (Å²) in [5.74, 6) is 0.175. The Morgan fingerprint density at radius 3 is 2.23 bits per heavy atom. The van der Waals surface area contributed by atoms with Gasteiger partial charge in [-0.1, -0.05) is 35.3 Å². The molecule has 0 aliphatic rings. The molecule has 3 aromatic rings. The maximum Gasteiger partial charge on any atom is 0.232 e. The van der Waals surface area contributed by atoms with Crippen LogP contribution in [0.25, 0.3) is 16.9 Å². The average Bonchev–Trinajstić information content (AvgIpc) is 3.11. The molecule has 0 aliphatic carbocycles. The smallest absolute Gasteiger partial charge is 0.232 e. The van der Waals surface area contributed by atoms with E-state index in [0.717, 1.165) is 23.2 Å². The summed E-state index contributed by atoms with van der Waals surface area (Å²) < 4.78 is 27.2. The molecule has 0 aliphatic heterocycles. The lowest BCUT2D eigenvalue weighted by molar-refractivity contribution is 0.597. The molecule has 1 heterocycles. The van der Waals surface area contributed by atoms with E-state index in [0.29, 0.717) is 22.3 Å². The van der Waals surface area contributed by atoms with E-state index >= 15 is 0 Å². The monoisotopic (exact) mass is 465 g/mol. The van der Waals surface area contributed by atoms with Gasteiger partial charge in [-0.3, -0.25) is 4.72 Å². The fraction of sp³-hybridized carbons (Fsp3) is 0.200. The zero-order chi connectivity index (χ0) is 21.7. The van der Waals surface area contributed by atoms with E-state index in [4.69, 9.17) is 23.2 Å². The second-order valence-corrected chi connectivity index (χ2v) is 9.11. The summed E-state index contributed by atoms with van der Waals surface area (Å²) in [5.41, 5.74) is 3.28. The first-order valence-electron chi connectivity index (χ1n) is 9.12. The lowest BCUT2D eigenvalue weighted by Gasteiger charge is -2.08. The Kier molecular flexibility index (Phi) is 7.02. The van der Waals surface area contributed by atoms with Crippen LogP contribution in [0.15, 0.2) is 59.6 Å². The first-order valence-corrected chi connectivity index (χ1v) is 11.8. The van der Waals surface area contributed by atoms with Crippen molar-refractivity contribution >= 4 is 39.2 Å². The van der Waals surface area contributed by atoms with Gasteiger partial charge in [-0.05, 0) is 49.4 Å². The number of rotatable bonds is 6. The molecule has 0 unspecified atom stereocenters. The normalized spacial score (nSPS) is 12.1. The summed E-state index contributed by atoms with van der Waals surface area (Å²) in [6, 6.07) is 16.7. The Balaban J connectivity index is 1.99. The molecule has 0 amide bonds. The molecule has 3 rings (SSSR count). The number of halogens is 2. The predicted octanol–water partition coefficient (Wildman–Crippen LogP) is 3.86. The van der Waals surface area contributed by atoms with Gasteiger partial charge < -0.3 is 5.32 Å². The minimum Gasteiger partial charge on any atom is -0.356 e. The number of nitrogens with zero attached hydrogens (tertiary/aromatic N) is 3. The Hall–Kier alpha value is -2.55. The second kappa shape index (κ2) is 9.51. The third-order valence-electron chi connectivity index (χ3n) is 4.00. The van der Waals surface area contributed by atoms with Crippen LogP contribution in [-0.4, -0.2) is 37.0 Å². The highest BCUT2D eigenvalue weighted by Gasteiger charge is 2.13. The molecule has 0 spiro atoms. The summed E-state index contributed by atoms with van der Waals surface area (Å²) in [7, 11) is -3.44. The third kappa shape index (κ3) is 5.98. The number of aromatic nitrogens is 2. The van der Waals surface area contributed by atoms with Gasteiger partial charge in [-0.15, -0.1) is 0 Å². The minimum atomic E-state index is -3.44. The van der Waals surface area contributed by atoms with Crippen LogP contribution < -0.4 is 10.0 Å². The van der Waals surface area contributed by atoms with Gasteiger partial charge in [0.25, 0.3) is 0 Å². The number of hydrogen-bond acceptors (Lipinski definition) is 4. The van der Waals surface area contributed by atoms with Crippen LogP contribution in [0.3, 0.4) is 0 Å². The van der Waals surface area contributed by atoms with Crippen molar-refractivity contribution < 1.29 is 8.42 Å². The van der Waals surface area contributed by atoms with Gasteiger partial charge >= 0.3 is 0 Å². The molecule has 0 atom stereocenters. The molecular formula is C20H21Cl2N5O2S. The van der Waals surface area contributed by atoms with Gasteiger partial charge in [0.2, 0.25) is 16.0 Å². The van der Waals surface area contributed by atoms with Crippen LogP contribution in [0, 0.1) is 0 Å². The number of hydrogen-bond donors (Lipinski definition) is 2. The summed E-state index contributed by atoms with van der Waals surface area (Å²) in [5, 5.41) is 8.84. The SMILES string of the molecule is CCNC(=NCc1cc(-c2ccc(Cl)cc2)n(-c2ccc(Cl)cc2)n1)NS(C)(=O)=O. The number of aliphatic imine (C=N–C) groups is 1. The number of sulfonamides is 1. The lowest BCUT2D eigenvalue weighted by Crippen LogP contribution is -2.40. The molecule has 0 saturated heterocycles. The third-order valence-corrected chi connectivity index (χ3v) is 5.06. The van der Waals surface area contributed by atoms with Gasteiger partial charge in [0.15, 0.2) is 0 Å². The van der Waals surface area contributed by atoms with Crippen molar-refractivity contribution in [2.45, 2.75) is 13.5 Å². The van der Waals surface area contributed by atoms with E-state index in [-0.39, 0.29) is 12.5 Å². The molecule has 0 bridgehead atoms. The van der Waals surface area contributed by atoms with Crippen molar-refractivity contribution in [1.29, 1.82) is 0 Å². The highest BCUT2D eigenvalue weighted by atomic mass is 35.5.